The molecule has 1 rings (SSSR count). The molecule has 0 radical (unpaired) electrons. The lowest BCUT2D eigenvalue weighted by Crippen LogP contribution is -2.11. The second-order valence-corrected chi connectivity index (χ2v) is 2.90. The van der Waals surface area contributed by atoms with Crippen molar-refractivity contribution in [3.63, 3.8) is 0 Å². The molecule has 0 amide bonds. The van der Waals surface area contributed by atoms with Crippen molar-refractivity contribution < 1.29 is 14.3 Å². The van der Waals surface area contributed by atoms with Gasteiger partial charge in [0.05, 0.1) is 26.3 Å². The van der Waals surface area contributed by atoms with E-state index in [1.54, 1.807) is 32.5 Å². The zero-order valence-electron chi connectivity index (χ0n) is 8.48. The Labute approximate surface area is 82.9 Å². The lowest BCUT2D eigenvalue weighted by atomic mass is 10.0. The normalized spacial score (nSPS) is 11.9. The van der Waals surface area contributed by atoms with E-state index >= 15 is 0 Å². The van der Waals surface area contributed by atoms with Crippen LogP contribution in [0.25, 0.3) is 0 Å². The van der Waals surface area contributed by atoms with Crippen LogP contribution in [0.4, 0.5) is 0 Å². The molecular formula is C10H13NO3. The van der Waals surface area contributed by atoms with E-state index in [1.807, 2.05) is 0 Å². The van der Waals surface area contributed by atoms with Crippen LogP contribution in [0.15, 0.2) is 18.5 Å². The average molecular weight is 195 g/mol. The summed E-state index contributed by atoms with van der Waals surface area (Å²) in [6.07, 6.45) is 3.22. The minimum atomic E-state index is -0.317. The number of esters is 1. The van der Waals surface area contributed by atoms with Crippen molar-refractivity contribution in [2.45, 2.75) is 12.8 Å². The third-order valence-electron chi connectivity index (χ3n) is 2.02. The van der Waals surface area contributed by atoms with Crippen molar-refractivity contribution in [3.8, 4) is 5.75 Å². The average Bonchev–Trinajstić information content (AvgIpc) is 2.27. The van der Waals surface area contributed by atoms with Crippen molar-refractivity contribution in [1.29, 1.82) is 0 Å². The van der Waals surface area contributed by atoms with Gasteiger partial charge in [-0.1, -0.05) is 0 Å². The fourth-order valence-corrected chi connectivity index (χ4v) is 1.10. The highest BCUT2D eigenvalue weighted by Crippen LogP contribution is 2.19. The molecule has 0 fully saturated rings. The van der Waals surface area contributed by atoms with E-state index < -0.39 is 0 Å². The first-order valence-electron chi connectivity index (χ1n) is 4.25. The second kappa shape index (κ2) is 4.60. The molecule has 1 aromatic heterocycles. The molecule has 0 aromatic carbocycles. The molecular weight excluding hydrogens is 182 g/mol. The van der Waals surface area contributed by atoms with Crippen molar-refractivity contribution in [2.24, 2.45) is 0 Å². The van der Waals surface area contributed by atoms with Crippen LogP contribution in [0.3, 0.4) is 0 Å². The zero-order valence-corrected chi connectivity index (χ0v) is 8.48. The van der Waals surface area contributed by atoms with Crippen LogP contribution in [0, 0.1) is 0 Å². The number of hydrogen-bond donors (Lipinski definition) is 0. The highest BCUT2D eigenvalue weighted by Gasteiger charge is 2.16. The topological polar surface area (TPSA) is 48.4 Å². The van der Waals surface area contributed by atoms with Gasteiger partial charge in [-0.3, -0.25) is 9.78 Å². The maximum atomic E-state index is 11.2. The molecule has 0 aliphatic rings. The number of pyridine rings is 1. The van der Waals surface area contributed by atoms with E-state index in [4.69, 9.17) is 4.74 Å². The summed E-state index contributed by atoms with van der Waals surface area (Å²) in [7, 11) is 2.93. The molecule has 1 aromatic rings. The summed E-state index contributed by atoms with van der Waals surface area (Å²) >= 11 is 0. The predicted octanol–water partition coefficient (Wildman–Crippen LogP) is 1.37. The molecule has 1 atom stereocenters. The summed E-state index contributed by atoms with van der Waals surface area (Å²) < 4.78 is 9.64. The highest BCUT2D eigenvalue weighted by atomic mass is 16.5. The summed E-state index contributed by atoms with van der Waals surface area (Å²) in [6.45, 7) is 1.77. The van der Waals surface area contributed by atoms with E-state index in [2.05, 4.69) is 9.72 Å². The standard InChI is InChI=1S/C10H13NO3/c1-7(10(12)14-3)8-4-9(13-2)6-11-5-8/h4-7H,1-3H3. The predicted molar refractivity (Wildman–Crippen MR) is 51.2 cm³/mol. The minimum absolute atomic E-state index is 0.278. The Kier molecular flexibility index (Phi) is 3.45. The zero-order chi connectivity index (χ0) is 10.6. The number of methoxy groups -OCH3 is 2. The van der Waals surface area contributed by atoms with E-state index in [9.17, 15) is 4.79 Å². The molecule has 4 nitrogen and oxygen atoms in total. The Hall–Kier alpha value is -1.58. The van der Waals surface area contributed by atoms with Crippen LogP contribution in [0.5, 0.6) is 5.75 Å². The largest absolute Gasteiger partial charge is 0.495 e. The monoisotopic (exact) mass is 195 g/mol. The summed E-state index contributed by atoms with van der Waals surface area (Å²) in [5.74, 6) is 0.0425. The second-order valence-electron chi connectivity index (χ2n) is 2.90. The Morgan fingerprint density at radius 1 is 1.43 bits per heavy atom. The third kappa shape index (κ3) is 2.22. The van der Waals surface area contributed by atoms with Crippen molar-refractivity contribution >= 4 is 5.97 Å². The van der Waals surface area contributed by atoms with Gasteiger partial charge < -0.3 is 9.47 Å². The number of rotatable bonds is 3. The van der Waals surface area contributed by atoms with Gasteiger partial charge in [-0.25, -0.2) is 0 Å². The van der Waals surface area contributed by atoms with Gasteiger partial charge in [0.15, 0.2) is 0 Å². The maximum Gasteiger partial charge on any atom is 0.312 e. The van der Waals surface area contributed by atoms with Crippen LogP contribution in [-0.4, -0.2) is 25.2 Å². The number of carbonyl (C=O) groups is 1. The molecule has 0 saturated heterocycles. The number of carbonyl (C=O) groups excluding carboxylic acids is 1. The van der Waals surface area contributed by atoms with Gasteiger partial charge in [-0.2, -0.15) is 0 Å². The Morgan fingerprint density at radius 3 is 2.71 bits per heavy atom. The van der Waals surface area contributed by atoms with Crippen LogP contribution in [-0.2, 0) is 9.53 Å². The fraction of sp³-hybridized carbons (Fsp3) is 0.400. The van der Waals surface area contributed by atoms with E-state index in [0.717, 1.165) is 5.56 Å². The van der Waals surface area contributed by atoms with Gasteiger partial charge in [0, 0.05) is 6.20 Å². The van der Waals surface area contributed by atoms with Gasteiger partial charge in [-0.15, -0.1) is 0 Å². The Bertz CT molecular complexity index is 325. The maximum absolute atomic E-state index is 11.2. The van der Waals surface area contributed by atoms with Crippen LogP contribution in [0.1, 0.15) is 18.4 Å². The number of hydrogen-bond acceptors (Lipinski definition) is 4. The first-order chi connectivity index (χ1) is 6.69. The summed E-state index contributed by atoms with van der Waals surface area (Å²) in [4.78, 5) is 15.2. The Balaban J connectivity index is 2.89. The SMILES string of the molecule is COC(=O)C(C)c1cncc(OC)c1. The van der Waals surface area contributed by atoms with E-state index in [-0.39, 0.29) is 11.9 Å². The van der Waals surface area contributed by atoms with E-state index in [1.165, 1.54) is 7.11 Å². The number of ether oxygens (including phenoxy) is 2. The first kappa shape index (κ1) is 10.5. The molecule has 0 aliphatic heterocycles. The fourth-order valence-electron chi connectivity index (χ4n) is 1.10. The van der Waals surface area contributed by atoms with Gasteiger partial charge in [0.2, 0.25) is 0 Å². The van der Waals surface area contributed by atoms with E-state index in [0.29, 0.717) is 5.75 Å². The Morgan fingerprint density at radius 2 is 2.14 bits per heavy atom. The molecule has 0 saturated carbocycles. The smallest absolute Gasteiger partial charge is 0.312 e. The van der Waals surface area contributed by atoms with Crippen LogP contribution in [0.2, 0.25) is 0 Å². The molecule has 0 N–H and O–H groups in total. The summed E-state index contributed by atoms with van der Waals surface area (Å²) in [5.41, 5.74) is 0.788. The molecule has 1 unspecified atom stereocenters. The van der Waals surface area contributed by atoms with Gasteiger partial charge in [0.25, 0.3) is 0 Å². The molecule has 76 valence electrons. The first-order valence-corrected chi connectivity index (χ1v) is 4.25. The van der Waals surface area contributed by atoms with Crippen LogP contribution < -0.4 is 4.74 Å². The number of aromatic nitrogens is 1. The van der Waals surface area contributed by atoms with Gasteiger partial charge >= 0.3 is 5.97 Å². The molecule has 14 heavy (non-hydrogen) atoms. The molecule has 0 spiro atoms. The number of nitrogens with zero attached hydrogens (tertiary/aromatic N) is 1. The van der Waals surface area contributed by atoms with Crippen molar-refractivity contribution in [2.75, 3.05) is 14.2 Å². The van der Waals surface area contributed by atoms with Gasteiger partial charge in [-0.05, 0) is 18.6 Å². The molecule has 1 heterocycles. The molecule has 4 heteroatoms. The quantitative estimate of drug-likeness (QED) is 0.683. The lowest BCUT2D eigenvalue weighted by molar-refractivity contribution is -0.141. The lowest BCUT2D eigenvalue weighted by Gasteiger charge is -2.09. The summed E-state index contributed by atoms with van der Waals surface area (Å²) in [5, 5.41) is 0. The van der Waals surface area contributed by atoms with Crippen molar-refractivity contribution in [3.05, 3.63) is 24.0 Å². The third-order valence-corrected chi connectivity index (χ3v) is 2.02. The van der Waals surface area contributed by atoms with Crippen molar-refractivity contribution in [1.82, 2.24) is 4.98 Å². The minimum Gasteiger partial charge on any atom is -0.495 e. The van der Waals surface area contributed by atoms with Crippen LogP contribution >= 0.6 is 0 Å². The highest BCUT2D eigenvalue weighted by molar-refractivity contribution is 5.77. The van der Waals surface area contributed by atoms with Gasteiger partial charge in [0.1, 0.15) is 5.75 Å². The summed E-state index contributed by atoms with van der Waals surface area (Å²) in [6, 6.07) is 1.77. The molecule has 0 bridgehead atoms. The molecule has 0 aliphatic carbocycles.